The van der Waals surface area contributed by atoms with E-state index in [1.807, 2.05) is 0 Å². The molecule has 5 nitrogen and oxygen atoms in total. The summed E-state index contributed by atoms with van der Waals surface area (Å²) in [4.78, 5) is 21.7. The predicted molar refractivity (Wildman–Crippen MR) is 67.2 cm³/mol. The van der Waals surface area contributed by atoms with E-state index in [4.69, 9.17) is 9.84 Å². The van der Waals surface area contributed by atoms with E-state index in [2.05, 4.69) is 6.92 Å². The standard InChI is InChI=1S/C13H24O5/c1-3-4-5-6-7-11(14)9-13(17)18-10(2)8-12(15)16/h10-11,14H,3-9H2,1-2H3,(H,15,16). The van der Waals surface area contributed by atoms with Crippen molar-refractivity contribution in [2.75, 3.05) is 0 Å². The van der Waals surface area contributed by atoms with Gasteiger partial charge in [0.2, 0.25) is 0 Å². The lowest BCUT2D eigenvalue weighted by molar-refractivity contribution is -0.153. The normalized spacial score (nSPS) is 13.9. The Hall–Kier alpha value is -1.10. The molecule has 0 saturated carbocycles. The van der Waals surface area contributed by atoms with Crippen LogP contribution in [0.3, 0.4) is 0 Å². The molecule has 0 aromatic rings. The lowest BCUT2D eigenvalue weighted by Crippen LogP contribution is -2.22. The molecule has 0 aliphatic rings. The Morgan fingerprint density at radius 3 is 2.39 bits per heavy atom. The van der Waals surface area contributed by atoms with Gasteiger partial charge < -0.3 is 14.9 Å². The summed E-state index contributed by atoms with van der Waals surface area (Å²) in [6, 6.07) is 0. The first kappa shape index (κ1) is 16.9. The lowest BCUT2D eigenvalue weighted by Gasteiger charge is -2.13. The number of carboxylic acid groups (broad SMARTS) is 1. The minimum absolute atomic E-state index is 0.0594. The van der Waals surface area contributed by atoms with Crippen molar-refractivity contribution in [3.8, 4) is 0 Å². The van der Waals surface area contributed by atoms with Crippen LogP contribution in [-0.4, -0.2) is 34.4 Å². The van der Waals surface area contributed by atoms with Gasteiger partial charge in [0.15, 0.2) is 0 Å². The third-order valence-corrected chi connectivity index (χ3v) is 2.59. The fourth-order valence-electron chi connectivity index (χ4n) is 1.66. The van der Waals surface area contributed by atoms with E-state index < -0.39 is 24.1 Å². The number of carbonyl (C=O) groups is 2. The van der Waals surface area contributed by atoms with Crippen LogP contribution < -0.4 is 0 Å². The maximum absolute atomic E-state index is 11.4. The number of aliphatic hydroxyl groups is 1. The summed E-state index contributed by atoms with van der Waals surface area (Å²) in [5, 5.41) is 18.1. The van der Waals surface area contributed by atoms with Crippen molar-refractivity contribution in [3.63, 3.8) is 0 Å². The van der Waals surface area contributed by atoms with Crippen LogP contribution in [0.15, 0.2) is 0 Å². The van der Waals surface area contributed by atoms with Crippen LogP contribution in [0.2, 0.25) is 0 Å². The van der Waals surface area contributed by atoms with Crippen LogP contribution in [0.5, 0.6) is 0 Å². The molecule has 18 heavy (non-hydrogen) atoms. The lowest BCUT2D eigenvalue weighted by atomic mass is 10.1. The van der Waals surface area contributed by atoms with Gasteiger partial charge in [-0.2, -0.15) is 0 Å². The van der Waals surface area contributed by atoms with Crippen LogP contribution in [0, 0.1) is 0 Å². The van der Waals surface area contributed by atoms with Crippen molar-refractivity contribution in [2.45, 2.75) is 71.0 Å². The first-order valence-corrected chi connectivity index (χ1v) is 6.55. The number of hydrogen-bond acceptors (Lipinski definition) is 4. The molecule has 2 atom stereocenters. The Labute approximate surface area is 108 Å². The van der Waals surface area contributed by atoms with E-state index >= 15 is 0 Å². The Kier molecular flexibility index (Phi) is 9.28. The molecule has 0 aliphatic heterocycles. The summed E-state index contributed by atoms with van der Waals surface area (Å²) in [5.41, 5.74) is 0. The van der Waals surface area contributed by atoms with Gasteiger partial charge in [-0.05, 0) is 13.3 Å². The molecule has 0 aromatic carbocycles. The second-order valence-electron chi connectivity index (χ2n) is 4.61. The van der Waals surface area contributed by atoms with Gasteiger partial charge in [0.05, 0.1) is 18.9 Å². The number of hydrogen-bond donors (Lipinski definition) is 2. The van der Waals surface area contributed by atoms with Gasteiger partial charge in [0, 0.05) is 0 Å². The summed E-state index contributed by atoms with van der Waals surface area (Å²) >= 11 is 0. The second kappa shape index (κ2) is 9.88. The van der Waals surface area contributed by atoms with E-state index in [9.17, 15) is 14.7 Å². The summed E-state index contributed by atoms with van der Waals surface area (Å²) in [6.45, 7) is 3.64. The summed E-state index contributed by atoms with van der Waals surface area (Å²) in [6.07, 6.45) is 3.19. The monoisotopic (exact) mass is 260 g/mol. The number of aliphatic hydroxyl groups excluding tert-OH is 1. The number of ether oxygens (including phenoxy) is 1. The van der Waals surface area contributed by atoms with Gasteiger partial charge in [0.1, 0.15) is 6.10 Å². The fraction of sp³-hybridized carbons (Fsp3) is 0.846. The molecule has 0 fully saturated rings. The van der Waals surface area contributed by atoms with Gasteiger partial charge >= 0.3 is 11.9 Å². The van der Waals surface area contributed by atoms with E-state index in [0.717, 1.165) is 25.7 Å². The number of aliphatic carboxylic acids is 1. The average Bonchev–Trinajstić information content (AvgIpc) is 2.22. The molecule has 0 radical (unpaired) electrons. The van der Waals surface area contributed by atoms with Crippen LogP contribution in [0.4, 0.5) is 0 Å². The van der Waals surface area contributed by atoms with Crippen molar-refractivity contribution < 1.29 is 24.5 Å². The SMILES string of the molecule is CCCCCCC(O)CC(=O)OC(C)CC(=O)O. The highest BCUT2D eigenvalue weighted by Crippen LogP contribution is 2.09. The zero-order valence-electron chi connectivity index (χ0n) is 11.2. The van der Waals surface area contributed by atoms with E-state index in [-0.39, 0.29) is 12.8 Å². The molecule has 2 unspecified atom stereocenters. The minimum atomic E-state index is -1.00. The van der Waals surface area contributed by atoms with Crippen LogP contribution in [-0.2, 0) is 14.3 Å². The Morgan fingerprint density at radius 2 is 1.83 bits per heavy atom. The summed E-state index contributed by atoms with van der Waals surface area (Å²) in [7, 11) is 0. The fourth-order valence-corrected chi connectivity index (χ4v) is 1.66. The zero-order valence-corrected chi connectivity index (χ0v) is 11.2. The molecular formula is C13H24O5. The quantitative estimate of drug-likeness (QED) is 0.464. The molecule has 0 aromatic heterocycles. The summed E-state index contributed by atoms with van der Waals surface area (Å²) < 4.78 is 4.88. The largest absolute Gasteiger partial charge is 0.481 e. The van der Waals surface area contributed by atoms with E-state index in [0.29, 0.717) is 6.42 Å². The highest BCUT2D eigenvalue weighted by atomic mass is 16.5. The smallest absolute Gasteiger partial charge is 0.308 e. The molecule has 0 heterocycles. The van der Waals surface area contributed by atoms with Gasteiger partial charge in [0.25, 0.3) is 0 Å². The summed E-state index contributed by atoms with van der Waals surface area (Å²) in [5.74, 6) is -1.54. The molecule has 106 valence electrons. The van der Waals surface area contributed by atoms with Crippen molar-refractivity contribution in [3.05, 3.63) is 0 Å². The third-order valence-electron chi connectivity index (χ3n) is 2.59. The molecule has 0 aliphatic carbocycles. The molecule has 0 spiro atoms. The minimum Gasteiger partial charge on any atom is -0.481 e. The van der Waals surface area contributed by atoms with Crippen LogP contribution >= 0.6 is 0 Å². The third kappa shape index (κ3) is 10.1. The molecular weight excluding hydrogens is 236 g/mol. The number of carboxylic acids is 1. The maximum Gasteiger partial charge on any atom is 0.308 e. The Balaban J connectivity index is 3.69. The van der Waals surface area contributed by atoms with Crippen molar-refractivity contribution in [1.82, 2.24) is 0 Å². The maximum atomic E-state index is 11.4. The van der Waals surface area contributed by atoms with Crippen LogP contribution in [0.25, 0.3) is 0 Å². The highest BCUT2D eigenvalue weighted by Gasteiger charge is 2.16. The van der Waals surface area contributed by atoms with Crippen molar-refractivity contribution >= 4 is 11.9 Å². The Morgan fingerprint density at radius 1 is 1.17 bits per heavy atom. The highest BCUT2D eigenvalue weighted by molar-refractivity contribution is 5.71. The average molecular weight is 260 g/mol. The topological polar surface area (TPSA) is 83.8 Å². The zero-order chi connectivity index (χ0) is 14.0. The van der Waals surface area contributed by atoms with E-state index in [1.54, 1.807) is 0 Å². The van der Waals surface area contributed by atoms with Crippen LogP contribution in [0.1, 0.15) is 58.8 Å². The molecule has 2 N–H and O–H groups in total. The molecule has 0 saturated heterocycles. The van der Waals surface area contributed by atoms with E-state index in [1.165, 1.54) is 6.92 Å². The molecule has 0 amide bonds. The number of esters is 1. The van der Waals surface area contributed by atoms with Gasteiger partial charge in [-0.15, -0.1) is 0 Å². The molecule has 0 rings (SSSR count). The van der Waals surface area contributed by atoms with Gasteiger partial charge in [-0.3, -0.25) is 9.59 Å². The second-order valence-corrected chi connectivity index (χ2v) is 4.61. The molecule has 5 heteroatoms. The van der Waals surface area contributed by atoms with Crippen molar-refractivity contribution in [2.24, 2.45) is 0 Å². The Bertz CT molecular complexity index is 252. The number of unbranched alkanes of at least 4 members (excludes halogenated alkanes) is 3. The molecule has 0 bridgehead atoms. The number of carbonyl (C=O) groups excluding carboxylic acids is 1. The van der Waals surface area contributed by atoms with Crippen molar-refractivity contribution in [1.29, 1.82) is 0 Å². The number of rotatable bonds is 10. The first-order valence-electron chi connectivity index (χ1n) is 6.55. The van der Waals surface area contributed by atoms with Gasteiger partial charge in [-0.1, -0.05) is 32.6 Å². The van der Waals surface area contributed by atoms with Gasteiger partial charge in [-0.25, -0.2) is 0 Å². The predicted octanol–water partition coefficient (Wildman–Crippen LogP) is 2.11. The first-order chi connectivity index (χ1) is 8.45.